The largest absolute Gasteiger partial charge is 0.337 e. The number of nitrogens with zero attached hydrogens (tertiary/aromatic N) is 3. The van der Waals surface area contributed by atoms with Crippen LogP contribution in [0.3, 0.4) is 0 Å². The van der Waals surface area contributed by atoms with Gasteiger partial charge >= 0.3 is 6.03 Å². The molecule has 0 aromatic heterocycles. The van der Waals surface area contributed by atoms with Crippen LogP contribution in [0.15, 0.2) is 48.5 Å². The highest BCUT2D eigenvalue weighted by Gasteiger charge is 2.21. The van der Waals surface area contributed by atoms with Crippen LogP contribution < -0.4 is 10.2 Å². The van der Waals surface area contributed by atoms with Crippen molar-refractivity contribution < 1.29 is 9.59 Å². The quantitative estimate of drug-likeness (QED) is 0.932. The van der Waals surface area contributed by atoms with Crippen molar-refractivity contribution in [3.05, 3.63) is 65.2 Å². The molecule has 1 N–H and O–H groups in total. The van der Waals surface area contributed by atoms with Gasteiger partial charge < -0.3 is 10.2 Å². The number of carbonyl (C=O) groups excluding carboxylic acids is 2. The van der Waals surface area contributed by atoms with Gasteiger partial charge in [0, 0.05) is 37.9 Å². The lowest BCUT2D eigenvalue weighted by Crippen LogP contribution is -2.28. The summed E-state index contributed by atoms with van der Waals surface area (Å²) in [6.07, 6.45) is 0. The Labute approximate surface area is 146 Å². The molecule has 0 atom stereocenters. The summed E-state index contributed by atoms with van der Waals surface area (Å²) in [7, 11) is 1.74. The number of urea groups is 1. The molecule has 2 aromatic carbocycles. The lowest BCUT2D eigenvalue weighted by atomic mass is 10.1. The van der Waals surface area contributed by atoms with E-state index in [2.05, 4.69) is 11.4 Å². The summed E-state index contributed by atoms with van der Waals surface area (Å²) in [5.41, 5.74) is 2.90. The number of nitrogens with one attached hydrogen (secondary N) is 1. The maximum atomic E-state index is 12.5. The highest BCUT2D eigenvalue weighted by atomic mass is 16.2. The van der Waals surface area contributed by atoms with Gasteiger partial charge in [-0.3, -0.25) is 9.69 Å². The van der Waals surface area contributed by atoms with E-state index in [0.29, 0.717) is 30.8 Å². The van der Waals surface area contributed by atoms with E-state index in [4.69, 9.17) is 5.26 Å². The molecule has 3 amide bonds. The lowest BCUT2D eigenvalue weighted by molar-refractivity contribution is 0.0785. The molecule has 0 saturated carbocycles. The molecule has 1 aliphatic rings. The van der Waals surface area contributed by atoms with E-state index in [9.17, 15) is 9.59 Å². The third-order valence-corrected chi connectivity index (χ3v) is 4.13. The van der Waals surface area contributed by atoms with Crippen LogP contribution >= 0.6 is 0 Å². The molecular weight excluding hydrogens is 316 g/mol. The van der Waals surface area contributed by atoms with E-state index in [1.54, 1.807) is 53.2 Å². The molecule has 6 heteroatoms. The number of nitriles is 1. The predicted octanol–water partition coefficient (Wildman–Crippen LogP) is 2.36. The molecular formula is C19H18N4O2. The van der Waals surface area contributed by atoms with Gasteiger partial charge in [0.15, 0.2) is 0 Å². The van der Waals surface area contributed by atoms with Crippen LogP contribution in [0, 0.1) is 11.3 Å². The van der Waals surface area contributed by atoms with Crippen LogP contribution in [0.25, 0.3) is 0 Å². The number of anilines is 1. The topological polar surface area (TPSA) is 76.4 Å². The van der Waals surface area contributed by atoms with Crippen LogP contribution in [-0.2, 0) is 6.54 Å². The average Bonchev–Trinajstić information content (AvgIpc) is 3.08. The maximum Gasteiger partial charge on any atom is 0.321 e. The first kappa shape index (κ1) is 16.5. The second kappa shape index (κ2) is 7.05. The smallest absolute Gasteiger partial charge is 0.321 e. The fraction of sp³-hybridized carbons (Fsp3) is 0.211. The summed E-state index contributed by atoms with van der Waals surface area (Å²) in [5.74, 6) is -0.0956. The third-order valence-electron chi connectivity index (χ3n) is 4.13. The molecule has 0 radical (unpaired) electrons. The predicted molar refractivity (Wildman–Crippen MR) is 94.1 cm³/mol. The Morgan fingerprint density at radius 2 is 1.88 bits per heavy atom. The van der Waals surface area contributed by atoms with Gasteiger partial charge in [0.2, 0.25) is 0 Å². The molecule has 3 rings (SSSR count). The lowest BCUT2D eigenvalue weighted by Gasteiger charge is -2.18. The zero-order chi connectivity index (χ0) is 17.8. The van der Waals surface area contributed by atoms with Crippen LogP contribution in [0.2, 0.25) is 0 Å². The molecule has 0 bridgehead atoms. The zero-order valence-electron chi connectivity index (χ0n) is 13.9. The monoisotopic (exact) mass is 334 g/mol. The second-order valence-corrected chi connectivity index (χ2v) is 5.90. The SMILES string of the molecule is CN(Cc1ccc(C#N)cc1)C(=O)c1ccc(N2CCNC2=O)cc1. The molecule has 0 unspecified atom stereocenters. The summed E-state index contributed by atoms with van der Waals surface area (Å²) < 4.78 is 0. The van der Waals surface area contributed by atoms with Gasteiger partial charge in [-0.2, -0.15) is 5.26 Å². The number of carbonyl (C=O) groups is 2. The Hall–Kier alpha value is -3.33. The Morgan fingerprint density at radius 3 is 2.44 bits per heavy atom. The Balaban J connectivity index is 1.67. The highest BCUT2D eigenvalue weighted by Crippen LogP contribution is 2.18. The van der Waals surface area contributed by atoms with E-state index in [1.165, 1.54) is 0 Å². The van der Waals surface area contributed by atoms with Gasteiger partial charge in [-0.1, -0.05) is 12.1 Å². The number of rotatable bonds is 4. The van der Waals surface area contributed by atoms with Crippen molar-refractivity contribution in [1.82, 2.24) is 10.2 Å². The van der Waals surface area contributed by atoms with Gasteiger partial charge in [-0.05, 0) is 42.0 Å². The third kappa shape index (κ3) is 3.61. The fourth-order valence-electron chi connectivity index (χ4n) is 2.75. The first-order valence-electron chi connectivity index (χ1n) is 7.98. The number of hydrogen-bond donors (Lipinski definition) is 1. The first-order valence-corrected chi connectivity index (χ1v) is 7.98. The molecule has 25 heavy (non-hydrogen) atoms. The average molecular weight is 334 g/mol. The van der Waals surface area contributed by atoms with E-state index >= 15 is 0 Å². The Morgan fingerprint density at radius 1 is 1.20 bits per heavy atom. The maximum absolute atomic E-state index is 12.5. The number of amides is 3. The minimum Gasteiger partial charge on any atom is -0.337 e. The zero-order valence-corrected chi connectivity index (χ0v) is 13.9. The van der Waals surface area contributed by atoms with E-state index < -0.39 is 0 Å². The minimum absolute atomic E-state index is 0.0956. The van der Waals surface area contributed by atoms with E-state index in [0.717, 1.165) is 11.3 Å². The van der Waals surface area contributed by atoms with Crippen LogP contribution in [0.5, 0.6) is 0 Å². The van der Waals surface area contributed by atoms with Gasteiger partial charge in [-0.15, -0.1) is 0 Å². The Kier molecular flexibility index (Phi) is 4.66. The van der Waals surface area contributed by atoms with Crippen molar-refractivity contribution in [1.29, 1.82) is 5.26 Å². The van der Waals surface area contributed by atoms with Gasteiger partial charge in [0.05, 0.1) is 11.6 Å². The summed E-state index contributed by atoms with van der Waals surface area (Å²) in [6.45, 7) is 1.72. The summed E-state index contributed by atoms with van der Waals surface area (Å²) in [6, 6.07) is 16.2. The fourth-order valence-corrected chi connectivity index (χ4v) is 2.75. The second-order valence-electron chi connectivity index (χ2n) is 5.90. The van der Waals surface area contributed by atoms with E-state index in [1.807, 2.05) is 12.1 Å². The van der Waals surface area contributed by atoms with Crippen LogP contribution in [0.4, 0.5) is 10.5 Å². The molecule has 0 spiro atoms. The standard InChI is InChI=1S/C19H18N4O2/c1-22(13-15-4-2-14(12-20)3-5-15)18(24)16-6-8-17(9-7-16)23-11-10-21-19(23)25/h2-9H,10-11,13H2,1H3,(H,21,25). The molecule has 1 fully saturated rings. The number of hydrogen-bond acceptors (Lipinski definition) is 3. The molecule has 1 saturated heterocycles. The molecule has 2 aromatic rings. The van der Waals surface area contributed by atoms with Gasteiger partial charge in [0.1, 0.15) is 0 Å². The molecule has 0 aliphatic carbocycles. The summed E-state index contributed by atoms with van der Waals surface area (Å²) in [4.78, 5) is 27.5. The molecule has 6 nitrogen and oxygen atoms in total. The van der Waals surface area contributed by atoms with Crippen molar-refractivity contribution in [2.75, 3.05) is 25.0 Å². The molecule has 126 valence electrons. The van der Waals surface area contributed by atoms with Crippen molar-refractivity contribution in [2.45, 2.75) is 6.54 Å². The normalized spacial score (nSPS) is 13.3. The first-order chi connectivity index (χ1) is 12.1. The van der Waals surface area contributed by atoms with E-state index in [-0.39, 0.29) is 11.9 Å². The van der Waals surface area contributed by atoms with Crippen molar-refractivity contribution in [2.24, 2.45) is 0 Å². The molecule has 1 aliphatic heterocycles. The van der Waals surface area contributed by atoms with Crippen LogP contribution in [-0.4, -0.2) is 37.0 Å². The van der Waals surface area contributed by atoms with Crippen molar-refractivity contribution >= 4 is 17.6 Å². The number of benzene rings is 2. The molecule has 1 heterocycles. The highest BCUT2D eigenvalue weighted by molar-refractivity contribution is 5.96. The van der Waals surface area contributed by atoms with Crippen molar-refractivity contribution in [3.8, 4) is 6.07 Å². The van der Waals surface area contributed by atoms with Crippen molar-refractivity contribution in [3.63, 3.8) is 0 Å². The summed E-state index contributed by atoms with van der Waals surface area (Å²) in [5, 5.41) is 11.6. The Bertz CT molecular complexity index is 822. The van der Waals surface area contributed by atoms with Crippen LogP contribution in [0.1, 0.15) is 21.5 Å². The summed E-state index contributed by atoms with van der Waals surface area (Å²) >= 11 is 0. The van der Waals surface area contributed by atoms with Gasteiger partial charge in [-0.25, -0.2) is 4.79 Å². The van der Waals surface area contributed by atoms with Gasteiger partial charge in [0.25, 0.3) is 5.91 Å². The minimum atomic E-state index is -0.114.